The van der Waals surface area contributed by atoms with Gasteiger partial charge in [0.2, 0.25) is 5.82 Å². The van der Waals surface area contributed by atoms with Crippen LogP contribution in [0.1, 0.15) is 16.8 Å². The Bertz CT molecular complexity index is 554. The second-order valence-electron chi connectivity index (χ2n) is 4.15. The molecule has 0 saturated carbocycles. The first-order valence-electron chi connectivity index (χ1n) is 5.66. The number of ether oxygens (including phenoxy) is 1. The van der Waals surface area contributed by atoms with E-state index in [2.05, 4.69) is 10.1 Å². The second-order valence-corrected chi connectivity index (χ2v) is 5.18. The van der Waals surface area contributed by atoms with E-state index in [1.54, 1.807) is 0 Å². The molecule has 0 unspecified atom stereocenters. The molecule has 2 rings (SSSR count). The highest BCUT2D eigenvalue weighted by atomic mass is 31.2. The van der Waals surface area contributed by atoms with Gasteiger partial charge in [-0.2, -0.15) is 0 Å². The maximum atomic E-state index is 10.8. The molecule has 0 aliphatic carbocycles. The smallest absolute Gasteiger partial charge is 0.394 e. The standard InChI is InChI=1S/C8H12N4O5.H3N.H3O4P/c9-6(16)7-10-2-12(11-7)8-5(15)4(14)3(1-13)17-8;;1-5(2,3)4/h2-5,8,13-15H,1H2,(H2,9,16);1H3;(H3,1,2,3,4)/t3-,4-,5-,8-;;/m1../s1. The van der Waals surface area contributed by atoms with Crippen molar-refractivity contribution in [1.29, 1.82) is 0 Å². The molecule has 11 N–H and O–H groups in total. The van der Waals surface area contributed by atoms with Crippen LogP contribution < -0.4 is 11.9 Å². The lowest BCUT2D eigenvalue weighted by Crippen LogP contribution is -2.33. The molecule has 0 aromatic carbocycles. The van der Waals surface area contributed by atoms with Gasteiger partial charge in [0.05, 0.1) is 6.61 Å². The molecule has 4 atom stereocenters. The van der Waals surface area contributed by atoms with Gasteiger partial charge in [-0.25, -0.2) is 14.2 Å². The molecular formula is C8H18N5O9P. The summed E-state index contributed by atoms with van der Waals surface area (Å²) >= 11 is 0. The fraction of sp³-hybridized carbons (Fsp3) is 0.625. The summed E-state index contributed by atoms with van der Waals surface area (Å²) in [5, 5.41) is 31.8. The monoisotopic (exact) mass is 359 g/mol. The highest BCUT2D eigenvalue weighted by Gasteiger charge is 2.43. The van der Waals surface area contributed by atoms with Gasteiger partial charge in [-0.1, -0.05) is 0 Å². The summed E-state index contributed by atoms with van der Waals surface area (Å²) in [6.45, 7) is -0.438. The van der Waals surface area contributed by atoms with Gasteiger partial charge < -0.3 is 46.6 Å². The van der Waals surface area contributed by atoms with Crippen molar-refractivity contribution in [2.24, 2.45) is 5.73 Å². The number of carbonyl (C=O) groups excluding carboxylic acids is 1. The topological polar surface area (TPSA) is 256 Å². The molecule has 1 aliphatic rings. The van der Waals surface area contributed by atoms with E-state index in [1.807, 2.05) is 0 Å². The van der Waals surface area contributed by atoms with Crippen LogP contribution in [0.2, 0.25) is 0 Å². The minimum absolute atomic E-state index is 0. The van der Waals surface area contributed by atoms with Crippen molar-refractivity contribution < 1.29 is 44.1 Å². The molecule has 0 bridgehead atoms. The number of amides is 1. The Morgan fingerprint density at radius 2 is 1.87 bits per heavy atom. The van der Waals surface area contributed by atoms with Gasteiger partial charge in [-0.15, -0.1) is 5.10 Å². The molecule has 0 spiro atoms. The number of phosphoric acid groups is 1. The number of carbonyl (C=O) groups is 1. The maximum absolute atomic E-state index is 10.8. The molecule has 1 amide bonds. The third-order valence-electron chi connectivity index (χ3n) is 2.51. The van der Waals surface area contributed by atoms with E-state index in [0.717, 1.165) is 11.0 Å². The summed E-state index contributed by atoms with van der Waals surface area (Å²) in [6.07, 6.45) is -3.26. The summed E-state index contributed by atoms with van der Waals surface area (Å²) in [6, 6.07) is 0. The first-order valence-corrected chi connectivity index (χ1v) is 7.22. The van der Waals surface area contributed by atoms with Crippen LogP contribution in [0.4, 0.5) is 0 Å². The Labute approximate surface area is 129 Å². The van der Waals surface area contributed by atoms with Crippen molar-refractivity contribution in [3.63, 3.8) is 0 Å². The Morgan fingerprint density at radius 1 is 1.35 bits per heavy atom. The van der Waals surface area contributed by atoms with E-state index in [0.29, 0.717) is 0 Å². The number of aliphatic hydroxyl groups excluding tert-OH is 3. The molecule has 23 heavy (non-hydrogen) atoms. The van der Waals surface area contributed by atoms with Crippen LogP contribution >= 0.6 is 7.82 Å². The number of aromatic nitrogens is 3. The minimum Gasteiger partial charge on any atom is -0.394 e. The zero-order chi connectivity index (χ0) is 17.1. The lowest BCUT2D eigenvalue weighted by Gasteiger charge is -2.13. The highest BCUT2D eigenvalue weighted by molar-refractivity contribution is 7.45. The van der Waals surface area contributed by atoms with Crippen LogP contribution in [0.5, 0.6) is 0 Å². The van der Waals surface area contributed by atoms with E-state index in [4.69, 9.17) is 34.8 Å². The molecule has 1 fully saturated rings. The molecule has 0 radical (unpaired) electrons. The third kappa shape index (κ3) is 6.26. The number of nitrogens with two attached hydrogens (primary N) is 1. The van der Waals surface area contributed by atoms with E-state index in [1.165, 1.54) is 0 Å². The largest absolute Gasteiger partial charge is 0.466 e. The van der Waals surface area contributed by atoms with Gasteiger partial charge in [0.25, 0.3) is 5.91 Å². The number of primary amides is 1. The Morgan fingerprint density at radius 3 is 2.22 bits per heavy atom. The van der Waals surface area contributed by atoms with Crippen LogP contribution in [0.15, 0.2) is 6.33 Å². The Kier molecular flexibility index (Phi) is 7.85. The van der Waals surface area contributed by atoms with Crippen LogP contribution in [0, 0.1) is 0 Å². The summed E-state index contributed by atoms with van der Waals surface area (Å²) < 4.78 is 15.1. The van der Waals surface area contributed by atoms with Gasteiger partial charge in [0, 0.05) is 0 Å². The third-order valence-corrected chi connectivity index (χ3v) is 2.51. The van der Waals surface area contributed by atoms with Gasteiger partial charge in [0.1, 0.15) is 24.6 Å². The summed E-state index contributed by atoms with van der Waals surface area (Å²) in [5.41, 5.74) is 4.97. The van der Waals surface area contributed by atoms with E-state index < -0.39 is 44.9 Å². The molecule has 14 nitrogen and oxygen atoms in total. The number of aliphatic hydroxyl groups is 3. The zero-order valence-corrected chi connectivity index (χ0v) is 12.5. The summed E-state index contributed by atoms with van der Waals surface area (Å²) in [5.74, 6) is -1.03. The molecule has 1 saturated heterocycles. The molecule has 134 valence electrons. The number of hydrogen-bond donors (Lipinski definition) is 8. The lowest BCUT2D eigenvalue weighted by atomic mass is 10.1. The van der Waals surface area contributed by atoms with E-state index in [9.17, 15) is 15.0 Å². The van der Waals surface area contributed by atoms with Crippen molar-refractivity contribution in [1.82, 2.24) is 20.9 Å². The Hall–Kier alpha value is -1.48. The zero-order valence-electron chi connectivity index (χ0n) is 11.6. The Balaban J connectivity index is 0.000000709. The van der Waals surface area contributed by atoms with Crippen molar-refractivity contribution in [2.45, 2.75) is 24.5 Å². The SMILES string of the molecule is N.NC(=O)c1ncn([C@@H]2O[C@H](CO)[C@@H](O)[C@H]2O)n1.O=P(O)(O)O. The molecule has 1 aromatic heterocycles. The molecule has 1 aromatic rings. The first-order chi connectivity index (χ1) is 10.0. The summed E-state index contributed by atoms with van der Waals surface area (Å²) in [4.78, 5) is 36.0. The fourth-order valence-electron chi connectivity index (χ4n) is 1.61. The van der Waals surface area contributed by atoms with Gasteiger partial charge in [-0.05, 0) is 0 Å². The quantitative estimate of drug-likeness (QED) is 0.242. The van der Waals surface area contributed by atoms with Crippen molar-refractivity contribution in [3.05, 3.63) is 12.2 Å². The molecule has 15 heteroatoms. The fourth-order valence-corrected chi connectivity index (χ4v) is 1.61. The average Bonchev–Trinajstić information content (AvgIpc) is 2.95. The van der Waals surface area contributed by atoms with Crippen LogP contribution in [0.3, 0.4) is 0 Å². The van der Waals surface area contributed by atoms with E-state index >= 15 is 0 Å². The predicted molar refractivity (Wildman–Crippen MR) is 70.8 cm³/mol. The van der Waals surface area contributed by atoms with Gasteiger partial charge in [-0.3, -0.25) is 4.79 Å². The molecule has 2 heterocycles. The van der Waals surface area contributed by atoms with Crippen LogP contribution in [-0.4, -0.2) is 75.6 Å². The normalized spacial score (nSPS) is 26.9. The number of rotatable bonds is 3. The molecular weight excluding hydrogens is 341 g/mol. The van der Waals surface area contributed by atoms with E-state index in [-0.39, 0.29) is 12.0 Å². The van der Waals surface area contributed by atoms with Gasteiger partial charge >= 0.3 is 7.82 Å². The van der Waals surface area contributed by atoms with Crippen molar-refractivity contribution in [3.8, 4) is 0 Å². The van der Waals surface area contributed by atoms with Crippen LogP contribution in [-0.2, 0) is 9.30 Å². The van der Waals surface area contributed by atoms with Crippen molar-refractivity contribution >= 4 is 13.7 Å². The second kappa shape index (κ2) is 8.39. The lowest BCUT2D eigenvalue weighted by molar-refractivity contribution is -0.0588. The first kappa shape index (κ1) is 21.5. The number of hydrogen-bond acceptors (Lipinski definition) is 9. The summed E-state index contributed by atoms with van der Waals surface area (Å²) in [7, 11) is -4.64. The number of nitrogens with zero attached hydrogens (tertiary/aromatic N) is 3. The predicted octanol–water partition coefficient (Wildman–Crippen LogP) is -3.78. The molecule has 1 aliphatic heterocycles. The van der Waals surface area contributed by atoms with Gasteiger partial charge in [0.15, 0.2) is 6.23 Å². The average molecular weight is 359 g/mol. The van der Waals surface area contributed by atoms with Crippen molar-refractivity contribution in [2.75, 3.05) is 6.61 Å². The van der Waals surface area contributed by atoms with Crippen LogP contribution in [0.25, 0.3) is 0 Å². The maximum Gasteiger partial charge on any atom is 0.466 e. The minimum atomic E-state index is -4.64. The highest BCUT2D eigenvalue weighted by Crippen LogP contribution is 2.28.